The largest absolute Gasteiger partial charge is 0.387 e. The van der Waals surface area contributed by atoms with Crippen molar-refractivity contribution in [1.82, 2.24) is 14.8 Å². The number of nitrogens with zero attached hydrogens (tertiary/aromatic N) is 3. The normalized spacial score (nSPS) is 32.2. The van der Waals surface area contributed by atoms with E-state index in [0.29, 0.717) is 5.69 Å². The molecule has 12 heteroatoms. The molecule has 2 aliphatic heterocycles. The van der Waals surface area contributed by atoms with Gasteiger partial charge in [0.15, 0.2) is 6.23 Å². The molecule has 0 bridgehead atoms. The lowest BCUT2D eigenvalue weighted by Gasteiger charge is -2.25. The van der Waals surface area contributed by atoms with Crippen LogP contribution in [0.5, 0.6) is 0 Å². The average Bonchev–Trinajstić information content (AvgIpc) is 3.27. The van der Waals surface area contributed by atoms with Crippen molar-refractivity contribution in [3.05, 3.63) is 53.9 Å². The van der Waals surface area contributed by atoms with Gasteiger partial charge in [-0.2, -0.15) is 0 Å². The summed E-state index contributed by atoms with van der Waals surface area (Å²) in [5.41, 5.74) is 6.68. The highest BCUT2D eigenvalue weighted by Gasteiger charge is 2.43. The Kier molecular flexibility index (Phi) is 4.77. The van der Waals surface area contributed by atoms with E-state index in [9.17, 15) is 19.6 Å². The van der Waals surface area contributed by atoms with Crippen LogP contribution < -0.4 is 10.8 Å². The molecular weight excluding hydrogens is 389 g/mol. The van der Waals surface area contributed by atoms with Crippen molar-refractivity contribution in [3.63, 3.8) is 0 Å². The van der Waals surface area contributed by atoms with Gasteiger partial charge in [0.2, 0.25) is 5.82 Å². The monoisotopic (exact) mass is 407 g/mol. The number of fused-ring (bicyclic) bond motifs is 1. The second-order valence-electron chi connectivity index (χ2n) is 6.37. The molecule has 1 aromatic carbocycles. The summed E-state index contributed by atoms with van der Waals surface area (Å²) in [6, 6.07) is 7.32. The molecule has 2 aliphatic rings. The van der Waals surface area contributed by atoms with E-state index in [0.717, 1.165) is 16.6 Å². The summed E-state index contributed by atoms with van der Waals surface area (Å²) in [5, 5.41) is 27.1. The maximum Gasteiger partial charge on any atom is 0.316 e. The van der Waals surface area contributed by atoms with Crippen LogP contribution in [0.3, 0.4) is 0 Å². The van der Waals surface area contributed by atoms with Crippen molar-refractivity contribution >= 4 is 19.1 Å². The molecule has 28 heavy (non-hydrogen) atoms. The first-order valence-corrected chi connectivity index (χ1v) is 10.1. The van der Waals surface area contributed by atoms with E-state index in [2.05, 4.69) is 15.2 Å². The number of hydrogen-bond acceptors (Lipinski definition) is 8. The third kappa shape index (κ3) is 3.46. The molecule has 2 aromatic rings. The molecule has 1 saturated heterocycles. The van der Waals surface area contributed by atoms with E-state index in [1.54, 1.807) is 6.07 Å². The van der Waals surface area contributed by atoms with Gasteiger partial charge in [-0.05, 0) is 12.1 Å². The summed E-state index contributed by atoms with van der Waals surface area (Å²) in [4.78, 5) is 14.8. The van der Waals surface area contributed by atoms with Crippen LogP contribution in [-0.2, 0) is 20.4 Å². The second-order valence-corrected chi connectivity index (χ2v) is 8.34. The molecule has 0 radical (unpaired) electrons. The Morgan fingerprint density at radius 3 is 2.89 bits per heavy atom. The zero-order chi connectivity index (χ0) is 19.9. The van der Waals surface area contributed by atoms with Gasteiger partial charge < -0.3 is 30.3 Å². The molecule has 11 nitrogen and oxygen atoms in total. The summed E-state index contributed by atoms with van der Waals surface area (Å²) >= 11 is 0. The highest BCUT2D eigenvalue weighted by Crippen LogP contribution is 2.53. The summed E-state index contributed by atoms with van der Waals surface area (Å²) < 4.78 is 25.0. The van der Waals surface area contributed by atoms with Crippen molar-refractivity contribution in [2.45, 2.75) is 31.1 Å². The third-order valence-electron chi connectivity index (χ3n) is 4.44. The van der Waals surface area contributed by atoms with E-state index in [1.807, 2.05) is 18.2 Å². The van der Waals surface area contributed by atoms with E-state index < -0.39 is 38.0 Å². The van der Waals surface area contributed by atoms with Crippen LogP contribution in [0.15, 0.2) is 42.5 Å². The molecule has 1 aromatic heterocycles. The molecule has 4 rings (SSSR count). The van der Waals surface area contributed by atoms with Crippen LogP contribution >= 0.6 is 7.52 Å². The van der Waals surface area contributed by atoms with Gasteiger partial charge in [0.25, 0.3) is 5.91 Å². The fraction of sp³-hybridized carbons (Fsp3) is 0.312. The highest BCUT2D eigenvalue weighted by molar-refractivity contribution is 7.63. The molecule has 1 fully saturated rings. The number of anilines is 1. The lowest BCUT2D eigenvalue weighted by molar-refractivity contribution is -0.0346. The maximum absolute atomic E-state index is 12.9. The number of amides is 1. The van der Waals surface area contributed by atoms with Crippen LogP contribution in [0.25, 0.3) is 0 Å². The zero-order valence-electron chi connectivity index (χ0n) is 14.5. The van der Waals surface area contributed by atoms with Gasteiger partial charge >= 0.3 is 7.52 Å². The predicted octanol–water partition coefficient (Wildman–Crippen LogP) is 0.345. The SMILES string of the molecule is NC(=O)c1ncn(C2O[C@H](/C=C/P3(=O)Nc4ccccc4CO3)[C@@H](O)[C@H]2O)n1. The number of hydrogen-bond donors (Lipinski definition) is 4. The Morgan fingerprint density at radius 1 is 1.36 bits per heavy atom. The van der Waals surface area contributed by atoms with Crippen molar-refractivity contribution in [2.24, 2.45) is 5.73 Å². The number of carbonyl (C=O) groups excluding carboxylic acids is 1. The molecular formula is C16H18N5O6P. The van der Waals surface area contributed by atoms with Gasteiger partial charge in [-0.25, -0.2) is 9.67 Å². The summed E-state index contributed by atoms with van der Waals surface area (Å²) in [6.45, 7) is 0.180. The first-order valence-electron chi connectivity index (χ1n) is 8.39. The standard InChI is InChI=1S/C16H18N5O6P/c17-14(24)15-18-8-21(19-15)16-13(23)12(22)11(27-16)5-6-28(25)20-10-4-2-1-3-9(10)7-26-28/h1-6,8,11-13,16,22-23H,7H2,(H2,17,24)(H,20,25)/b6-5+/t11-,12-,13-,16?,28?/m1/s1. The quantitative estimate of drug-likeness (QED) is 0.524. The van der Waals surface area contributed by atoms with E-state index in [4.69, 9.17) is 15.0 Å². The Morgan fingerprint density at radius 2 is 2.14 bits per heavy atom. The minimum atomic E-state index is -3.34. The van der Waals surface area contributed by atoms with E-state index in [1.165, 1.54) is 11.9 Å². The molecule has 148 valence electrons. The van der Waals surface area contributed by atoms with Crippen molar-refractivity contribution in [3.8, 4) is 0 Å². The number of benzene rings is 1. The molecule has 1 amide bonds. The summed E-state index contributed by atoms with van der Waals surface area (Å²) in [7, 11) is -3.34. The second kappa shape index (κ2) is 7.12. The van der Waals surface area contributed by atoms with Gasteiger partial charge in [0.05, 0.1) is 6.61 Å². The topological polar surface area (TPSA) is 162 Å². The number of aliphatic hydroxyl groups is 2. The number of aliphatic hydroxyl groups excluding tert-OH is 2. The number of nitrogens with two attached hydrogens (primary N) is 1. The fourth-order valence-electron chi connectivity index (χ4n) is 2.97. The fourth-order valence-corrected chi connectivity index (χ4v) is 4.48. The van der Waals surface area contributed by atoms with Crippen molar-refractivity contribution < 1.29 is 28.8 Å². The number of aromatic nitrogens is 3. The van der Waals surface area contributed by atoms with E-state index in [-0.39, 0.29) is 12.4 Å². The van der Waals surface area contributed by atoms with Gasteiger partial charge in [-0.15, -0.1) is 5.10 Å². The number of primary amides is 1. The molecule has 5 N–H and O–H groups in total. The van der Waals surface area contributed by atoms with Crippen molar-refractivity contribution in [2.75, 3.05) is 5.09 Å². The summed E-state index contributed by atoms with van der Waals surface area (Å²) in [6.07, 6.45) is -2.20. The molecule has 2 unspecified atom stereocenters. The van der Waals surface area contributed by atoms with Crippen LogP contribution in [0.2, 0.25) is 0 Å². The van der Waals surface area contributed by atoms with Gasteiger partial charge in [0.1, 0.15) is 24.6 Å². The van der Waals surface area contributed by atoms with Gasteiger partial charge in [-0.3, -0.25) is 9.36 Å². The first-order chi connectivity index (χ1) is 13.4. The number of ether oxygens (including phenoxy) is 1. The zero-order valence-corrected chi connectivity index (χ0v) is 15.3. The van der Waals surface area contributed by atoms with Crippen molar-refractivity contribution in [1.29, 1.82) is 0 Å². The lowest BCUT2D eigenvalue weighted by atomic mass is 10.1. The molecule has 0 aliphatic carbocycles. The van der Waals surface area contributed by atoms with Crippen LogP contribution in [0, 0.1) is 0 Å². The maximum atomic E-state index is 12.9. The number of para-hydroxylation sites is 1. The Balaban J connectivity index is 1.49. The minimum Gasteiger partial charge on any atom is -0.387 e. The lowest BCUT2D eigenvalue weighted by Crippen LogP contribution is -2.31. The van der Waals surface area contributed by atoms with Crippen LogP contribution in [0.4, 0.5) is 5.69 Å². The van der Waals surface area contributed by atoms with Gasteiger partial charge in [0, 0.05) is 17.1 Å². The van der Waals surface area contributed by atoms with Crippen LogP contribution in [0.1, 0.15) is 22.4 Å². The van der Waals surface area contributed by atoms with Gasteiger partial charge in [-0.1, -0.05) is 18.2 Å². The highest BCUT2D eigenvalue weighted by atomic mass is 31.2. The molecule has 0 saturated carbocycles. The van der Waals surface area contributed by atoms with E-state index >= 15 is 0 Å². The number of nitrogens with one attached hydrogen (secondary N) is 1. The molecule has 3 heterocycles. The third-order valence-corrected chi connectivity index (χ3v) is 6.07. The Bertz CT molecular complexity index is 978. The average molecular weight is 407 g/mol. The minimum absolute atomic E-state index is 0.180. The van der Waals surface area contributed by atoms with Crippen LogP contribution in [-0.4, -0.2) is 49.2 Å². The number of carbonyl (C=O) groups is 1. The smallest absolute Gasteiger partial charge is 0.316 e. The number of rotatable bonds is 4. The Hall–Kier alpha value is -2.56. The summed E-state index contributed by atoms with van der Waals surface area (Å²) in [5.74, 6) is 0.219. The molecule has 0 spiro atoms. The first kappa shape index (κ1) is 18.8. The predicted molar refractivity (Wildman–Crippen MR) is 96.1 cm³/mol. The molecule has 5 atom stereocenters. The Labute approximate surface area is 159 Å².